The summed E-state index contributed by atoms with van der Waals surface area (Å²) in [5.41, 5.74) is 0. The molecule has 37 valence electrons. The number of halogens is 1. The van der Waals surface area contributed by atoms with E-state index in [1.54, 1.807) is 0 Å². The van der Waals surface area contributed by atoms with Gasteiger partial charge in [0.15, 0.2) is 0 Å². The van der Waals surface area contributed by atoms with Crippen LogP contribution in [0.15, 0.2) is 0 Å². The van der Waals surface area contributed by atoms with Crippen molar-refractivity contribution in [3.63, 3.8) is 0 Å². The molecule has 0 fully saturated rings. The van der Waals surface area contributed by atoms with E-state index in [4.69, 9.17) is 0 Å². The van der Waals surface area contributed by atoms with Gasteiger partial charge in [-0.1, -0.05) is 14.9 Å². The van der Waals surface area contributed by atoms with Crippen LogP contribution in [0.1, 0.15) is 17.7 Å². The zero-order valence-electron chi connectivity index (χ0n) is 3.96. The Kier molecular flexibility index (Phi) is 1590. The van der Waals surface area contributed by atoms with Crippen LogP contribution in [-0.4, -0.2) is 15.6 Å². The summed E-state index contributed by atoms with van der Waals surface area (Å²) >= 11 is 0. The fourth-order valence-electron chi connectivity index (χ4n) is 0. The van der Waals surface area contributed by atoms with Gasteiger partial charge in [-0.25, -0.2) is 0 Å². The summed E-state index contributed by atoms with van der Waals surface area (Å²) in [6, 6.07) is 0. The molecule has 0 aliphatic carbocycles. The van der Waals surface area contributed by atoms with Crippen molar-refractivity contribution in [2.45, 2.75) is 14.9 Å². The normalized spacial score (nSPS) is 1.00. The fourth-order valence-corrected chi connectivity index (χ4v) is 0. The summed E-state index contributed by atoms with van der Waals surface area (Å²) in [6.07, 6.45) is 0. The van der Waals surface area contributed by atoms with Gasteiger partial charge in [0.05, 0.1) is 7.18 Å². The first kappa shape index (κ1) is 63.2. The molecule has 0 aromatic rings. The Morgan fingerprint density at radius 3 is 1.33 bits per heavy atom. The van der Waals surface area contributed by atoms with Crippen LogP contribution in [0.3, 0.4) is 0 Å². The molecule has 0 atom stereocenters. The van der Waals surface area contributed by atoms with Crippen LogP contribution in [0, 0.1) is 0 Å². The van der Waals surface area contributed by atoms with Crippen LogP contribution in [-0.2, 0) is 0 Å². The van der Waals surface area contributed by atoms with Crippen molar-refractivity contribution in [1.29, 1.82) is 0 Å². The monoisotopic (exact) mass is 103 g/mol. The maximum absolute atomic E-state index is 9.50. The quantitative estimate of drug-likeness (QED) is 0.339. The van der Waals surface area contributed by atoms with E-state index in [1.807, 2.05) is 0 Å². The van der Waals surface area contributed by atoms with Crippen molar-refractivity contribution in [2.75, 3.05) is 7.18 Å². The van der Waals surface area contributed by atoms with Crippen molar-refractivity contribution < 1.29 is 36.8 Å². The maximum atomic E-state index is 9.50. The zero-order valence-corrected chi connectivity index (χ0v) is 4.96. The molecule has 0 aliphatic rings. The molecule has 0 bridgehead atoms. The number of alkyl halides is 1. The van der Waals surface area contributed by atoms with Gasteiger partial charge >= 0.3 is 29.6 Å². The molecule has 0 saturated heterocycles. The summed E-state index contributed by atoms with van der Waals surface area (Å²) in [5.74, 6) is 0. The molecule has 0 amide bonds. The summed E-state index contributed by atoms with van der Waals surface area (Å²) in [5, 5.41) is 0. The van der Waals surface area contributed by atoms with Crippen molar-refractivity contribution in [2.24, 2.45) is 0 Å². The van der Waals surface area contributed by atoms with Crippen LogP contribution in [0.25, 0.3) is 0 Å². The van der Waals surface area contributed by atoms with Crippen molar-refractivity contribution >= 4 is 8.41 Å². The second-order valence-electron chi connectivity index (χ2n) is 0. The Hall–Kier alpha value is 0.995. The average molecular weight is 103 g/mol. The number of hydrogen-bond acceptors (Lipinski definition) is 0. The molecule has 0 nitrogen and oxygen atoms in total. The van der Waals surface area contributed by atoms with Crippen molar-refractivity contribution in [1.82, 2.24) is 0 Å². The van der Waals surface area contributed by atoms with E-state index in [2.05, 4.69) is 0 Å². The third kappa shape index (κ3) is 80.5. The standard InChI is InChI=1S/CH3F.2CH4.B.Na.H2.H/c1-2;;;;;;/h1H3;2*1H4;;;1H;/q;;;;+1;;-1. The van der Waals surface area contributed by atoms with Gasteiger partial charge in [-0.15, -0.1) is 0 Å². The first-order valence-corrected chi connectivity index (χ1v) is 0.378. The molecule has 0 heterocycles. The smallest absolute Gasteiger partial charge is 1.00 e. The van der Waals surface area contributed by atoms with Crippen molar-refractivity contribution in [3.8, 4) is 0 Å². The van der Waals surface area contributed by atoms with Gasteiger partial charge in [0.1, 0.15) is 0 Å². The molecule has 0 rings (SSSR count). The minimum Gasteiger partial charge on any atom is -1.00 e. The molecule has 0 spiro atoms. The molecule has 3 heteroatoms. The second-order valence-corrected chi connectivity index (χ2v) is 0. The van der Waals surface area contributed by atoms with Gasteiger partial charge < -0.3 is 1.43 Å². The summed E-state index contributed by atoms with van der Waals surface area (Å²) in [6.45, 7) is 0. The summed E-state index contributed by atoms with van der Waals surface area (Å²) < 4.78 is 9.50. The van der Waals surface area contributed by atoms with E-state index in [-0.39, 0.29) is 55.7 Å². The van der Waals surface area contributed by atoms with Gasteiger partial charge in [-0.05, 0) is 0 Å². The third-order valence-corrected chi connectivity index (χ3v) is 0. The Labute approximate surface area is 67.4 Å². The van der Waals surface area contributed by atoms with Gasteiger partial charge in [0.25, 0.3) is 0 Å². The minimum atomic E-state index is 0. The Bertz CT molecular complexity index is 17.2. The van der Waals surface area contributed by atoms with Crippen molar-refractivity contribution in [3.05, 3.63) is 0 Å². The van der Waals surface area contributed by atoms with Crippen LogP contribution in [0.4, 0.5) is 4.39 Å². The molecule has 0 saturated carbocycles. The Balaban J connectivity index is -0.000000000333. The molecule has 3 radical (unpaired) electrons. The molecule has 0 unspecified atom stereocenters. The molecule has 6 heavy (non-hydrogen) atoms. The van der Waals surface area contributed by atoms with E-state index in [0.717, 1.165) is 0 Å². The predicted molar refractivity (Wildman–Crippen MR) is 29.5 cm³/mol. The second kappa shape index (κ2) is 151. The largest absolute Gasteiger partial charge is 1.00 e. The Morgan fingerprint density at radius 2 is 1.33 bits per heavy atom. The van der Waals surface area contributed by atoms with E-state index < -0.39 is 0 Å². The predicted octanol–water partition coefficient (Wildman–Crippen LogP) is -1.16. The van der Waals surface area contributed by atoms with E-state index >= 15 is 0 Å². The topological polar surface area (TPSA) is 0 Å². The Morgan fingerprint density at radius 1 is 1.33 bits per heavy atom. The first-order valence-electron chi connectivity index (χ1n) is 0.378. The molecular weight excluding hydrogens is 88.8 g/mol. The molecule has 0 aromatic heterocycles. The van der Waals surface area contributed by atoms with Crippen LogP contribution >= 0.6 is 0 Å². The fraction of sp³-hybridized carbons (Fsp3) is 1.00. The molecule has 0 N–H and O–H groups in total. The molecular formula is C3H14BFNa. The first-order chi connectivity index (χ1) is 1.00. The van der Waals surface area contributed by atoms with Crippen LogP contribution in [0.5, 0.6) is 0 Å². The maximum Gasteiger partial charge on any atom is 1.00 e. The van der Waals surface area contributed by atoms with Gasteiger partial charge in [-0.3, -0.25) is 4.39 Å². The van der Waals surface area contributed by atoms with E-state index in [0.29, 0.717) is 7.18 Å². The zero-order chi connectivity index (χ0) is 2.00. The summed E-state index contributed by atoms with van der Waals surface area (Å²) in [4.78, 5) is 0. The van der Waals surface area contributed by atoms with Gasteiger partial charge in [-0.2, -0.15) is 0 Å². The van der Waals surface area contributed by atoms with E-state index in [1.165, 1.54) is 0 Å². The van der Waals surface area contributed by atoms with Crippen LogP contribution in [0.2, 0.25) is 0 Å². The number of rotatable bonds is 0. The summed E-state index contributed by atoms with van der Waals surface area (Å²) in [7, 11) is 0.500. The van der Waals surface area contributed by atoms with Crippen LogP contribution < -0.4 is 29.6 Å². The molecule has 0 aromatic carbocycles. The number of hydrogen-bond donors (Lipinski definition) is 0. The third-order valence-electron chi connectivity index (χ3n) is 0. The van der Waals surface area contributed by atoms with E-state index in [9.17, 15) is 4.39 Å². The molecule has 0 aliphatic heterocycles. The average Bonchev–Trinajstić information content (AvgIpc) is 1.00. The SMILES string of the molecule is C.C.CF.[B].[H-].[HH].[Na+]. The minimum absolute atomic E-state index is 0. The van der Waals surface area contributed by atoms with Gasteiger partial charge in [0.2, 0.25) is 0 Å². The van der Waals surface area contributed by atoms with Gasteiger partial charge in [0, 0.05) is 9.84 Å².